The van der Waals surface area contributed by atoms with Crippen molar-refractivity contribution < 1.29 is 0 Å². The molecule has 2 bridgehead atoms. The van der Waals surface area contributed by atoms with E-state index in [0.29, 0.717) is 10.6 Å². The van der Waals surface area contributed by atoms with Crippen molar-refractivity contribution in [1.82, 2.24) is 0 Å². The van der Waals surface area contributed by atoms with Gasteiger partial charge in [-0.15, -0.1) is 6.58 Å². The molecule has 77 valence electrons. The Labute approximate surface area is 89.4 Å². The fourth-order valence-corrected chi connectivity index (χ4v) is 3.46. The first-order valence-electron chi connectivity index (χ1n) is 6.25. The van der Waals surface area contributed by atoms with Crippen LogP contribution in [0.1, 0.15) is 58.3 Å². The Kier molecular flexibility index (Phi) is 2.77. The highest BCUT2D eigenvalue weighted by Crippen LogP contribution is 2.60. The molecule has 0 spiro atoms. The number of hydrogen-bond donors (Lipinski definition) is 0. The van der Waals surface area contributed by atoms with Gasteiger partial charge >= 0.3 is 0 Å². The van der Waals surface area contributed by atoms with Gasteiger partial charge in [-0.05, 0) is 5.31 Å². The monoisotopic (exact) mass is 189 g/mol. The van der Waals surface area contributed by atoms with Crippen LogP contribution >= 0.6 is 0 Å². The van der Waals surface area contributed by atoms with Crippen LogP contribution in [-0.2, 0) is 0 Å². The van der Waals surface area contributed by atoms with E-state index in [1.165, 1.54) is 51.4 Å². The molecule has 14 heavy (non-hydrogen) atoms. The van der Waals surface area contributed by atoms with Crippen molar-refractivity contribution in [1.29, 1.82) is 0 Å². The summed E-state index contributed by atoms with van der Waals surface area (Å²) in [5.74, 6) is 0. The first-order valence-corrected chi connectivity index (χ1v) is 6.25. The Balaban J connectivity index is 2.18. The molecule has 1 heteroatoms. The lowest BCUT2D eigenvalue weighted by Gasteiger charge is -2.33. The summed E-state index contributed by atoms with van der Waals surface area (Å²) >= 11 is 0. The Morgan fingerprint density at radius 3 is 2.64 bits per heavy atom. The van der Waals surface area contributed by atoms with Gasteiger partial charge in [-0.3, -0.25) is 0 Å². The fraction of sp³-hybridized carbons (Fsp3) is 0.846. The van der Waals surface area contributed by atoms with E-state index in [9.17, 15) is 0 Å². The summed E-state index contributed by atoms with van der Waals surface area (Å²) in [5.41, 5.74) is 0. The van der Waals surface area contributed by atoms with Crippen molar-refractivity contribution in [2.75, 3.05) is 0 Å². The quantitative estimate of drug-likeness (QED) is 0.447. The van der Waals surface area contributed by atoms with Crippen LogP contribution in [0.4, 0.5) is 0 Å². The van der Waals surface area contributed by atoms with E-state index >= 15 is 0 Å². The minimum atomic E-state index is 0.413. The molecule has 2 fully saturated rings. The Morgan fingerprint density at radius 1 is 1.14 bits per heavy atom. The van der Waals surface area contributed by atoms with Gasteiger partial charge in [-0.1, -0.05) is 69.7 Å². The summed E-state index contributed by atoms with van der Waals surface area (Å²) in [4.78, 5) is 0. The van der Waals surface area contributed by atoms with Gasteiger partial charge in [0, 0.05) is 0 Å². The van der Waals surface area contributed by atoms with Crippen LogP contribution in [0.25, 0.3) is 0 Å². The summed E-state index contributed by atoms with van der Waals surface area (Å²) in [7, 11) is 2.67. The highest BCUT2D eigenvalue weighted by molar-refractivity contribution is 6.46. The third-order valence-corrected chi connectivity index (χ3v) is 4.61. The van der Waals surface area contributed by atoms with E-state index in [4.69, 9.17) is 0 Å². The molecule has 2 atom stereocenters. The molecule has 2 aliphatic rings. The molecule has 0 saturated carbocycles. The number of hydrogen-bond acceptors (Lipinski definition) is 0. The van der Waals surface area contributed by atoms with Crippen LogP contribution in [0, 0.1) is 0 Å². The van der Waals surface area contributed by atoms with Crippen LogP contribution < -0.4 is 0 Å². The van der Waals surface area contributed by atoms with Crippen molar-refractivity contribution in [3.05, 3.63) is 12.7 Å². The smallest absolute Gasteiger partial charge is 0.103 e. The predicted molar refractivity (Wildman–Crippen MR) is 63.9 cm³/mol. The Bertz CT molecular complexity index is 223. The van der Waals surface area contributed by atoms with Crippen LogP contribution in [0.5, 0.6) is 0 Å². The zero-order valence-electron chi connectivity index (χ0n) is 9.52. The molecule has 0 aromatic rings. The van der Waals surface area contributed by atoms with Gasteiger partial charge in [0.25, 0.3) is 0 Å². The minimum Gasteiger partial charge on any atom is -0.103 e. The lowest BCUT2D eigenvalue weighted by Crippen LogP contribution is -2.23. The van der Waals surface area contributed by atoms with E-state index in [-0.39, 0.29) is 0 Å². The average Bonchev–Trinajstić information content (AvgIpc) is 2.58. The molecule has 1 radical (unpaired) electrons. The summed E-state index contributed by atoms with van der Waals surface area (Å²) in [6, 6.07) is 0. The second kappa shape index (κ2) is 3.75. The molecule has 2 saturated heterocycles. The largest absolute Gasteiger partial charge is 0.131 e. The van der Waals surface area contributed by atoms with Gasteiger partial charge < -0.3 is 0 Å². The van der Waals surface area contributed by atoms with Crippen molar-refractivity contribution in [2.24, 2.45) is 0 Å². The minimum absolute atomic E-state index is 0.413. The summed E-state index contributed by atoms with van der Waals surface area (Å²) in [6.45, 7) is 6.42. The maximum Gasteiger partial charge on any atom is 0.131 e. The lowest BCUT2D eigenvalue weighted by molar-refractivity contribution is 0.456. The van der Waals surface area contributed by atoms with E-state index in [1.807, 2.05) is 0 Å². The Hall–Kier alpha value is -0.195. The average molecular weight is 189 g/mol. The maximum atomic E-state index is 4.06. The number of allylic oxidation sites excluding steroid dienone is 1. The number of fused-ring (bicyclic) bond motifs is 2. The predicted octanol–water partition coefficient (Wildman–Crippen LogP) is 4.36. The van der Waals surface area contributed by atoms with E-state index in [1.54, 1.807) is 0 Å². The third kappa shape index (κ3) is 1.66. The first kappa shape index (κ1) is 10.3. The molecular formula is C13H22B. The first-order chi connectivity index (χ1) is 6.74. The van der Waals surface area contributed by atoms with Crippen molar-refractivity contribution in [2.45, 2.75) is 68.9 Å². The van der Waals surface area contributed by atoms with Gasteiger partial charge in [0.2, 0.25) is 0 Å². The van der Waals surface area contributed by atoms with Gasteiger partial charge in [0.1, 0.15) is 7.28 Å². The molecule has 0 amide bonds. The number of rotatable bonds is 2. The van der Waals surface area contributed by atoms with Gasteiger partial charge in [-0.25, -0.2) is 0 Å². The fourth-order valence-electron chi connectivity index (χ4n) is 3.46. The molecule has 1 unspecified atom stereocenters. The van der Waals surface area contributed by atoms with Crippen molar-refractivity contribution in [3.63, 3.8) is 0 Å². The summed E-state index contributed by atoms with van der Waals surface area (Å²) < 4.78 is 0. The molecule has 0 aromatic carbocycles. The zero-order valence-corrected chi connectivity index (χ0v) is 9.52. The van der Waals surface area contributed by atoms with Crippen LogP contribution in [0.3, 0.4) is 0 Å². The molecule has 0 aromatic heterocycles. The normalized spacial score (nSPS) is 42.4. The van der Waals surface area contributed by atoms with Gasteiger partial charge in [0.15, 0.2) is 0 Å². The van der Waals surface area contributed by atoms with Crippen LogP contribution in [0.15, 0.2) is 12.7 Å². The van der Waals surface area contributed by atoms with Crippen molar-refractivity contribution in [3.8, 4) is 0 Å². The zero-order chi connectivity index (χ0) is 10.1. The van der Waals surface area contributed by atoms with Crippen molar-refractivity contribution >= 4 is 7.28 Å². The second-order valence-corrected chi connectivity index (χ2v) is 5.36. The Morgan fingerprint density at radius 2 is 1.93 bits per heavy atom. The van der Waals surface area contributed by atoms with E-state index in [0.717, 1.165) is 0 Å². The topological polar surface area (TPSA) is 0 Å². The standard InChI is InChI=1S/C13H22B/c1-3-12-8-6-5-7-9-13(4-2,14-12)11-10-12/h3H,1,4-11H2,2H3/t12?,13-/m1/s1. The maximum absolute atomic E-state index is 4.06. The molecule has 2 rings (SSSR count). The molecule has 0 N–H and O–H groups in total. The van der Waals surface area contributed by atoms with E-state index in [2.05, 4.69) is 26.9 Å². The lowest BCUT2D eigenvalue weighted by atomic mass is 9.40. The van der Waals surface area contributed by atoms with Crippen LogP contribution in [0.2, 0.25) is 10.6 Å². The molecule has 0 aliphatic carbocycles. The van der Waals surface area contributed by atoms with Crippen LogP contribution in [-0.4, -0.2) is 7.28 Å². The summed E-state index contributed by atoms with van der Waals surface area (Å²) in [6.07, 6.45) is 13.4. The third-order valence-electron chi connectivity index (χ3n) is 4.61. The highest BCUT2D eigenvalue weighted by atomic mass is 14.4. The highest BCUT2D eigenvalue weighted by Gasteiger charge is 2.46. The van der Waals surface area contributed by atoms with E-state index < -0.39 is 0 Å². The van der Waals surface area contributed by atoms with Gasteiger partial charge in [0.05, 0.1) is 0 Å². The molecular weight excluding hydrogens is 167 g/mol. The second-order valence-electron chi connectivity index (χ2n) is 5.36. The molecule has 0 nitrogen and oxygen atoms in total. The molecule has 2 heterocycles. The molecule has 2 aliphatic heterocycles. The SMILES string of the molecule is C=CC12[B][C@](CC)(CCCCC1)CC2. The summed E-state index contributed by atoms with van der Waals surface area (Å²) in [5, 5.41) is 0.991. The van der Waals surface area contributed by atoms with Gasteiger partial charge in [-0.2, -0.15) is 0 Å².